The molecule has 0 saturated carbocycles. The summed E-state index contributed by atoms with van der Waals surface area (Å²) in [5, 5.41) is 3.41. The van der Waals surface area contributed by atoms with Gasteiger partial charge in [0, 0.05) is 44.8 Å². The number of rotatable bonds is 4. The van der Waals surface area contributed by atoms with Crippen LogP contribution in [0.5, 0.6) is 0 Å². The van der Waals surface area contributed by atoms with E-state index in [1.165, 1.54) is 0 Å². The zero-order chi connectivity index (χ0) is 42.1. The van der Waals surface area contributed by atoms with Crippen LogP contribution in [0.2, 0.25) is 0 Å². The third kappa shape index (κ3) is 6.61. The first-order valence-corrected chi connectivity index (χ1v) is 21.2. The molecule has 13 rings (SSSR count). The van der Waals surface area contributed by atoms with Crippen LogP contribution in [-0.4, -0.2) is 29.9 Å². The van der Waals surface area contributed by atoms with Crippen LogP contribution in [0.3, 0.4) is 0 Å². The Morgan fingerprint density at radius 1 is 0.231 bits per heavy atom. The van der Waals surface area contributed by atoms with Gasteiger partial charge in [0.05, 0.1) is 23.3 Å². The molecule has 307 valence electrons. The first-order valence-electron chi connectivity index (χ1n) is 21.2. The molecular weight excluding hydrogens is 848 g/mol. The van der Waals surface area contributed by atoms with Crippen LogP contribution in [0.25, 0.3) is 134 Å². The molecule has 0 fully saturated rings. The van der Waals surface area contributed by atoms with E-state index in [2.05, 4.69) is 121 Å². The number of benzene rings is 8. The van der Waals surface area contributed by atoms with Crippen LogP contribution in [0, 0.1) is 0 Å². The van der Waals surface area contributed by atoms with E-state index in [4.69, 9.17) is 39.9 Å². The number of hydrogen-bond acceptors (Lipinski definition) is 6. The van der Waals surface area contributed by atoms with Gasteiger partial charge >= 0.3 is 17.1 Å². The molecule has 0 aliphatic carbocycles. The second-order valence-corrected chi connectivity index (χ2v) is 16.0. The van der Waals surface area contributed by atoms with E-state index < -0.39 is 0 Å². The quantitative estimate of drug-likeness (QED) is 0.161. The molecule has 2 aliphatic heterocycles. The van der Waals surface area contributed by atoms with Gasteiger partial charge in [-0.3, -0.25) is 0 Å². The molecule has 5 heterocycles. The van der Waals surface area contributed by atoms with Crippen molar-refractivity contribution < 1.29 is 17.1 Å². The molecule has 0 atom stereocenters. The first-order chi connectivity index (χ1) is 31.7. The van der Waals surface area contributed by atoms with Crippen LogP contribution in [0.1, 0.15) is 0 Å². The minimum absolute atomic E-state index is 0. The third-order valence-corrected chi connectivity index (χ3v) is 12.1. The standard InChI is InChI=1S/C56H32N8.Cu/c1-5-13-33(14-6-1)37-21-25-41-45(29-37)53-58-49(41)57-50-42-26-22-38(34-15-7-2-8-16-34)30-46(42)54(59-50)61-52-44-28-24-40(36-19-11-4-12-20-36)32-48(44)56(63-52)64-55-47-31-39(35-17-9-3-10-18-35)23-27-43(47)51(60-53)62-55;/h1-32H;/q-2;+2. The van der Waals surface area contributed by atoms with Gasteiger partial charge in [-0.25, -0.2) is 9.97 Å². The zero-order valence-electron chi connectivity index (χ0n) is 34.4. The summed E-state index contributed by atoms with van der Waals surface area (Å²) in [7, 11) is 0. The second-order valence-electron chi connectivity index (χ2n) is 16.0. The number of fused-ring (bicyclic) bond motifs is 20. The average molecular weight is 880 g/mol. The predicted molar refractivity (Wildman–Crippen MR) is 256 cm³/mol. The largest absolute Gasteiger partial charge is 2.00 e. The first kappa shape index (κ1) is 38.3. The topological polar surface area (TPSA) is 106 Å². The molecule has 8 nitrogen and oxygen atoms in total. The maximum absolute atomic E-state index is 5.33. The normalized spacial score (nSPS) is 11.6. The number of hydrogen-bond donors (Lipinski definition) is 0. The third-order valence-electron chi connectivity index (χ3n) is 12.1. The molecule has 9 heteroatoms. The van der Waals surface area contributed by atoms with Crippen molar-refractivity contribution in [3.8, 4) is 90.1 Å². The van der Waals surface area contributed by atoms with Crippen LogP contribution < -0.4 is 9.97 Å². The monoisotopic (exact) mass is 879 g/mol. The van der Waals surface area contributed by atoms with E-state index in [9.17, 15) is 0 Å². The Morgan fingerprint density at radius 3 is 0.877 bits per heavy atom. The summed E-state index contributed by atoms with van der Waals surface area (Å²) in [5.41, 5.74) is 14.0. The fourth-order valence-corrected chi connectivity index (χ4v) is 8.90. The Bertz CT molecular complexity index is 3830. The Balaban J connectivity index is 0.00000444. The van der Waals surface area contributed by atoms with Crippen molar-refractivity contribution in [2.24, 2.45) is 0 Å². The fourth-order valence-electron chi connectivity index (χ4n) is 8.90. The Kier molecular flexibility index (Phi) is 9.12. The van der Waals surface area contributed by atoms with Crippen molar-refractivity contribution in [1.82, 2.24) is 39.9 Å². The summed E-state index contributed by atoms with van der Waals surface area (Å²) < 4.78 is 0. The minimum Gasteiger partial charge on any atom is -0.357 e. The van der Waals surface area contributed by atoms with Crippen molar-refractivity contribution in [2.45, 2.75) is 0 Å². The average Bonchev–Trinajstić information content (AvgIpc) is 4.10. The van der Waals surface area contributed by atoms with E-state index >= 15 is 0 Å². The van der Waals surface area contributed by atoms with E-state index in [0.29, 0.717) is 45.9 Å². The van der Waals surface area contributed by atoms with Crippen LogP contribution in [-0.2, 0) is 17.1 Å². The molecule has 65 heavy (non-hydrogen) atoms. The van der Waals surface area contributed by atoms with Gasteiger partial charge < -0.3 is 29.9 Å². The van der Waals surface area contributed by atoms with E-state index in [0.717, 1.165) is 88.3 Å². The van der Waals surface area contributed by atoms with Crippen LogP contribution in [0.4, 0.5) is 0 Å². The summed E-state index contributed by atoms with van der Waals surface area (Å²) in [6.45, 7) is 0. The van der Waals surface area contributed by atoms with Crippen LogP contribution >= 0.6 is 0 Å². The molecule has 11 aromatic rings. The van der Waals surface area contributed by atoms with Gasteiger partial charge in [-0.2, -0.15) is 0 Å². The maximum Gasteiger partial charge on any atom is 2.00 e. The molecule has 8 bridgehead atoms. The molecule has 0 spiro atoms. The van der Waals surface area contributed by atoms with Crippen LogP contribution in [0.15, 0.2) is 194 Å². The molecule has 0 amide bonds. The summed E-state index contributed by atoms with van der Waals surface area (Å²) in [4.78, 5) is 41.9. The molecular formula is C56H32CuN8. The summed E-state index contributed by atoms with van der Waals surface area (Å²) in [6, 6.07) is 66.7. The molecule has 0 saturated heterocycles. The van der Waals surface area contributed by atoms with E-state index in [1.54, 1.807) is 0 Å². The van der Waals surface area contributed by atoms with Crippen molar-refractivity contribution >= 4 is 44.1 Å². The summed E-state index contributed by atoms with van der Waals surface area (Å²) in [6.07, 6.45) is 0. The predicted octanol–water partition coefficient (Wildman–Crippen LogP) is 12.8. The Hall–Kier alpha value is -8.36. The van der Waals surface area contributed by atoms with E-state index in [-0.39, 0.29) is 17.1 Å². The van der Waals surface area contributed by atoms with Crippen molar-refractivity contribution in [2.75, 3.05) is 0 Å². The van der Waals surface area contributed by atoms with Gasteiger partial charge in [-0.05, 0) is 90.3 Å². The summed E-state index contributed by atoms with van der Waals surface area (Å²) >= 11 is 0. The van der Waals surface area contributed by atoms with Gasteiger partial charge in [0.2, 0.25) is 0 Å². The Morgan fingerprint density at radius 2 is 0.523 bits per heavy atom. The van der Waals surface area contributed by atoms with Gasteiger partial charge in [-0.15, -0.1) is 0 Å². The summed E-state index contributed by atoms with van der Waals surface area (Å²) in [5.74, 6) is 2.04. The number of aromatic nitrogens is 8. The fraction of sp³-hybridized carbons (Fsp3) is 0. The smallest absolute Gasteiger partial charge is 0.357 e. The van der Waals surface area contributed by atoms with Crippen molar-refractivity contribution in [3.63, 3.8) is 0 Å². The zero-order valence-corrected chi connectivity index (χ0v) is 35.3. The molecule has 3 aromatic heterocycles. The van der Waals surface area contributed by atoms with E-state index in [1.807, 2.05) is 72.8 Å². The molecule has 1 radical (unpaired) electrons. The van der Waals surface area contributed by atoms with Gasteiger partial charge in [0.25, 0.3) is 0 Å². The van der Waals surface area contributed by atoms with Crippen molar-refractivity contribution in [1.29, 1.82) is 0 Å². The van der Waals surface area contributed by atoms with Gasteiger partial charge in [0.1, 0.15) is 0 Å². The maximum atomic E-state index is 5.33. The number of nitrogens with zero attached hydrogens (tertiary/aromatic N) is 8. The van der Waals surface area contributed by atoms with Crippen molar-refractivity contribution in [3.05, 3.63) is 194 Å². The second kappa shape index (κ2) is 15.5. The molecule has 0 N–H and O–H groups in total. The molecule has 2 aliphatic rings. The van der Waals surface area contributed by atoms with Gasteiger partial charge in [-0.1, -0.05) is 170 Å². The molecule has 0 unspecified atom stereocenters. The minimum atomic E-state index is 0. The van der Waals surface area contributed by atoms with Gasteiger partial charge in [0.15, 0.2) is 0 Å². The Labute approximate surface area is 383 Å². The SMILES string of the molecule is [Cu+2].c1ccc(-c2ccc3c(c2)-c2nc-3nc3[n-]c(nc4nc(nc5[n-]c(n2)c2ccc(-c6ccccc6)cc52)-c2cc(-c5ccccc5)ccc2-4)c2cc(-c4ccccc4)ccc32)cc1. The molecule has 8 aromatic carbocycles.